The van der Waals surface area contributed by atoms with Crippen LogP contribution in [0.25, 0.3) is 0 Å². The number of benzene rings is 1. The van der Waals surface area contributed by atoms with Crippen molar-refractivity contribution in [2.24, 2.45) is 11.7 Å². The van der Waals surface area contributed by atoms with Gasteiger partial charge in [-0.05, 0) is 51.2 Å². The minimum Gasteiger partial charge on any atom is -0.365 e. The topological polar surface area (TPSA) is 49.6 Å². The van der Waals surface area contributed by atoms with Gasteiger partial charge in [0.05, 0.1) is 6.04 Å². The molecule has 0 aliphatic carbocycles. The zero-order chi connectivity index (χ0) is 19.1. The van der Waals surface area contributed by atoms with E-state index in [-0.39, 0.29) is 11.9 Å². The molecular weight excluding hydrogens is 322 g/mol. The summed E-state index contributed by atoms with van der Waals surface area (Å²) in [6.07, 6.45) is 5.02. The highest BCUT2D eigenvalue weighted by atomic mass is 16.2. The normalized spacial score (nSPS) is 16.5. The van der Waals surface area contributed by atoms with Crippen molar-refractivity contribution in [3.8, 4) is 0 Å². The summed E-state index contributed by atoms with van der Waals surface area (Å²) in [5.74, 6) is 0.567. The van der Waals surface area contributed by atoms with Crippen LogP contribution in [0.4, 0.5) is 5.69 Å². The van der Waals surface area contributed by atoms with Crippen LogP contribution in [0.1, 0.15) is 47.0 Å². The first kappa shape index (κ1) is 20.5. The highest BCUT2D eigenvalue weighted by Crippen LogP contribution is 2.24. The number of allylic oxidation sites excluding steroid dienone is 1. The Bertz CT molecular complexity index is 585. The zero-order valence-corrected chi connectivity index (χ0v) is 16.8. The molecule has 1 aliphatic rings. The molecule has 0 unspecified atom stereocenters. The Morgan fingerprint density at radius 3 is 2.38 bits per heavy atom. The number of nitrogens with zero attached hydrogens (tertiary/aromatic N) is 2. The maximum Gasteiger partial charge on any atom is 0.239 e. The van der Waals surface area contributed by atoms with E-state index in [1.165, 1.54) is 11.3 Å². The summed E-state index contributed by atoms with van der Waals surface area (Å²) in [4.78, 5) is 17.0. The second-order valence-electron chi connectivity index (χ2n) is 8.06. The Hall–Kier alpha value is -1.81. The van der Waals surface area contributed by atoms with Gasteiger partial charge in [-0.15, -0.1) is 0 Å². The lowest BCUT2D eigenvalue weighted by Gasteiger charge is -2.40. The number of amides is 1. The fourth-order valence-corrected chi connectivity index (χ4v) is 3.61. The number of nitrogens with two attached hydrogens (primary N) is 1. The van der Waals surface area contributed by atoms with Crippen LogP contribution in [-0.2, 0) is 4.79 Å². The Morgan fingerprint density at radius 1 is 1.23 bits per heavy atom. The van der Waals surface area contributed by atoms with Crippen LogP contribution in [0.5, 0.6) is 0 Å². The van der Waals surface area contributed by atoms with E-state index in [1.54, 1.807) is 0 Å². The number of likely N-dealkylation sites (tertiary alicyclic amines) is 1. The summed E-state index contributed by atoms with van der Waals surface area (Å²) in [6, 6.07) is 10.7. The Morgan fingerprint density at radius 2 is 1.85 bits per heavy atom. The van der Waals surface area contributed by atoms with Crippen molar-refractivity contribution in [3.05, 3.63) is 42.0 Å². The van der Waals surface area contributed by atoms with Gasteiger partial charge in [0, 0.05) is 31.4 Å². The lowest BCUT2D eigenvalue weighted by atomic mass is 9.99. The molecule has 4 heteroatoms. The van der Waals surface area contributed by atoms with Crippen molar-refractivity contribution in [1.82, 2.24) is 4.90 Å². The summed E-state index contributed by atoms with van der Waals surface area (Å²) in [7, 11) is 0. The minimum atomic E-state index is -0.359. The molecule has 4 nitrogen and oxygen atoms in total. The first-order valence-corrected chi connectivity index (χ1v) is 9.88. The maximum absolute atomic E-state index is 12.6. The van der Waals surface area contributed by atoms with Gasteiger partial charge in [-0.2, -0.15) is 0 Å². The number of hydrogen-bond donors (Lipinski definition) is 1. The van der Waals surface area contributed by atoms with Gasteiger partial charge >= 0.3 is 0 Å². The number of piperidine rings is 1. The Kier molecular flexibility index (Phi) is 7.70. The second kappa shape index (κ2) is 9.77. The van der Waals surface area contributed by atoms with Gasteiger partial charge in [-0.25, -0.2) is 0 Å². The van der Waals surface area contributed by atoms with E-state index in [0.717, 1.165) is 38.9 Å². The number of hydrogen-bond acceptors (Lipinski definition) is 3. The highest BCUT2D eigenvalue weighted by Gasteiger charge is 2.29. The van der Waals surface area contributed by atoms with E-state index in [1.807, 2.05) is 4.90 Å². The van der Waals surface area contributed by atoms with Gasteiger partial charge in [0.1, 0.15) is 0 Å². The Balaban J connectivity index is 2.00. The monoisotopic (exact) mass is 357 g/mol. The number of carbonyl (C=O) groups excluding carboxylic acids is 1. The van der Waals surface area contributed by atoms with E-state index in [9.17, 15) is 4.79 Å². The molecule has 1 saturated heterocycles. The molecule has 1 aromatic rings. The molecule has 2 rings (SSSR count). The third kappa shape index (κ3) is 5.87. The van der Waals surface area contributed by atoms with Crippen LogP contribution in [0, 0.1) is 5.92 Å². The van der Waals surface area contributed by atoms with E-state index < -0.39 is 0 Å². The average molecular weight is 358 g/mol. The fraction of sp³-hybridized carbons (Fsp3) is 0.591. The summed E-state index contributed by atoms with van der Waals surface area (Å²) in [5, 5.41) is 0. The first-order chi connectivity index (χ1) is 12.4. The zero-order valence-electron chi connectivity index (χ0n) is 16.8. The molecule has 0 aromatic heterocycles. The van der Waals surface area contributed by atoms with Gasteiger partial charge in [0.15, 0.2) is 0 Å². The molecule has 0 saturated carbocycles. The number of carbonyl (C=O) groups is 1. The fourth-order valence-electron chi connectivity index (χ4n) is 3.61. The van der Waals surface area contributed by atoms with Gasteiger partial charge in [-0.3, -0.25) is 4.79 Å². The molecule has 144 valence electrons. The molecule has 1 heterocycles. The summed E-state index contributed by atoms with van der Waals surface area (Å²) in [5.41, 5.74) is 8.69. The minimum absolute atomic E-state index is 0.118. The Labute approximate surface area is 159 Å². The van der Waals surface area contributed by atoms with Crippen molar-refractivity contribution in [3.63, 3.8) is 0 Å². The number of para-hydroxylation sites is 1. The summed E-state index contributed by atoms with van der Waals surface area (Å²) in [6.45, 7) is 11.0. The lowest BCUT2D eigenvalue weighted by molar-refractivity contribution is -0.134. The molecule has 26 heavy (non-hydrogen) atoms. The largest absolute Gasteiger partial charge is 0.365 e. The quantitative estimate of drug-likeness (QED) is 0.755. The van der Waals surface area contributed by atoms with Gasteiger partial charge < -0.3 is 15.5 Å². The molecule has 0 bridgehead atoms. The van der Waals surface area contributed by atoms with Crippen molar-refractivity contribution < 1.29 is 4.79 Å². The molecule has 0 spiro atoms. The van der Waals surface area contributed by atoms with E-state index in [2.05, 4.69) is 69.0 Å². The van der Waals surface area contributed by atoms with Crippen LogP contribution in [0.15, 0.2) is 42.0 Å². The molecule has 2 N–H and O–H groups in total. The van der Waals surface area contributed by atoms with Crippen LogP contribution >= 0.6 is 0 Å². The summed E-state index contributed by atoms with van der Waals surface area (Å²) >= 11 is 0. The standard InChI is InChI=1S/C22H35N3O/c1-17(2)10-15-25(19-8-6-5-7-9-19)20-11-13-24(14-12-20)22(26)21(23)16-18(3)4/h5-10,18,20-21H,11-16,23H2,1-4H3/t21-/m0/s1. The van der Waals surface area contributed by atoms with Crippen molar-refractivity contribution in [2.45, 2.75) is 59.0 Å². The maximum atomic E-state index is 12.6. The average Bonchev–Trinajstić information content (AvgIpc) is 2.62. The number of rotatable bonds is 7. The van der Waals surface area contributed by atoms with E-state index >= 15 is 0 Å². The summed E-state index contributed by atoms with van der Waals surface area (Å²) < 4.78 is 0. The van der Waals surface area contributed by atoms with Crippen LogP contribution in [-0.4, -0.2) is 42.5 Å². The third-order valence-corrected chi connectivity index (χ3v) is 5.04. The molecule has 1 atom stereocenters. The smallest absolute Gasteiger partial charge is 0.239 e. The molecule has 1 fully saturated rings. The highest BCUT2D eigenvalue weighted by molar-refractivity contribution is 5.81. The van der Waals surface area contributed by atoms with E-state index in [0.29, 0.717) is 12.0 Å². The molecule has 1 amide bonds. The second-order valence-corrected chi connectivity index (χ2v) is 8.06. The number of anilines is 1. The lowest BCUT2D eigenvalue weighted by Crippen LogP contribution is -2.51. The van der Waals surface area contributed by atoms with Crippen LogP contribution < -0.4 is 10.6 Å². The van der Waals surface area contributed by atoms with Gasteiger partial charge in [0.25, 0.3) is 0 Å². The van der Waals surface area contributed by atoms with E-state index in [4.69, 9.17) is 5.73 Å². The molecule has 1 aliphatic heterocycles. The van der Waals surface area contributed by atoms with Gasteiger partial charge in [0.2, 0.25) is 5.91 Å². The van der Waals surface area contributed by atoms with Crippen molar-refractivity contribution in [1.29, 1.82) is 0 Å². The SMILES string of the molecule is CC(C)=CCN(c1ccccc1)C1CCN(C(=O)[C@@H](N)CC(C)C)CC1. The van der Waals surface area contributed by atoms with Crippen LogP contribution in [0.3, 0.4) is 0 Å². The van der Waals surface area contributed by atoms with Crippen LogP contribution in [0.2, 0.25) is 0 Å². The van der Waals surface area contributed by atoms with Crippen molar-refractivity contribution in [2.75, 3.05) is 24.5 Å². The first-order valence-electron chi connectivity index (χ1n) is 9.88. The molecular formula is C22H35N3O. The molecule has 0 radical (unpaired) electrons. The predicted molar refractivity (Wildman–Crippen MR) is 110 cm³/mol. The molecule has 1 aromatic carbocycles. The predicted octanol–water partition coefficient (Wildman–Crippen LogP) is 3.82. The third-order valence-electron chi connectivity index (χ3n) is 5.04. The van der Waals surface area contributed by atoms with Crippen molar-refractivity contribution >= 4 is 11.6 Å². The van der Waals surface area contributed by atoms with Gasteiger partial charge in [-0.1, -0.05) is 43.7 Å².